The molecule has 2 aliphatic rings. The van der Waals surface area contributed by atoms with Crippen molar-refractivity contribution in [3.63, 3.8) is 0 Å². The van der Waals surface area contributed by atoms with Crippen molar-refractivity contribution in [2.45, 2.75) is 44.6 Å². The van der Waals surface area contributed by atoms with E-state index in [0.717, 1.165) is 6.54 Å². The molecule has 1 saturated carbocycles. The summed E-state index contributed by atoms with van der Waals surface area (Å²) in [6.07, 6.45) is 6.72. The van der Waals surface area contributed by atoms with Crippen LogP contribution in [0.15, 0.2) is 24.3 Å². The summed E-state index contributed by atoms with van der Waals surface area (Å²) in [5.41, 5.74) is 0.580. The first-order valence-corrected chi connectivity index (χ1v) is 8.48. The van der Waals surface area contributed by atoms with Gasteiger partial charge in [-0.2, -0.15) is 0 Å². The number of hydrogen-bond donors (Lipinski definition) is 1. The second-order valence-electron chi connectivity index (χ2n) is 6.33. The Morgan fingerprint density at radius 2 is 1.95 bits per heavy atom. The van der Waals surface area contributed by atoms with Gasteiger partial charge in [0.2, 0.25) is 5.91 Å². The van der Waals surface area contributed by atoms with Crippen molar-refractivity contribution < 1.29 is 14.9 Å². The van der Waals surface area contributed by atoms with Crippen molar-refractivity contribution in [2.75, 3.05) is 11.4 Å². The number of nitrogens with two attached hydrogens (primary N) is 1. The lowest BCUT2D eigenvalue weighted by molar-refractivity contribution is -0.680. The van der Waals surface area contributed by atoms with E-state index in [1.807, 2.05) is 0 Å². The highest BCUT2D eigenvalue weighted by Crippen LogP contribution is 2.25. The second-order valence-corrected chi connectivity index (χ2v) is 6.77. The summed E-state index contributed by atoms with van der Waals surface area (Å²) >= 11 is 5.96. The highest BCUT2D eigenvalue weighted by Gasteiger charge is 2.42. The molecule has 22 heavy (non-hydrogen) atoms. The van der Waals surface area contributed by atoms with Gasteiger partial charge in [0.05, 0.1) is 18.7 Å². The van der Waals surface area contributed by atoms with Crippen molar-refractivity contribution >= 4 is 29.1 Å². The van der Waals surface area contributed by atoms with Gasteiger partial charge >= 0.3 is 0 Å². The van der Waals surface area contributed by atoms with Gasteiger partial charge in [-0.3, -0.25) is 9.59 Å². The van der Waals surface area contributed by atoms with Crippen LogP contribution >= 0.6 is 11.6 Å². The first-order valence-electron chi connectivity index (χ1n) is 8.11. The van der Waals surface area contributed by atoms with E-state index >= 15 is 0 Å². The van der Waals surface area contributed by atoms with Gasteiger partial charge in [-0.25, -0.2) is 4.90 Å². The van der Waals surface area contributed by atoms with Crippen LogP contribution < -0.4 is 10.2 Å². The molecule has 5 heteroatoms. The van der Waals surface area contributed by atoms with Crippen molar-refractivity contribution in [3.8, 4) is 0 Å². The predicted octanol–water partition coefficient (Wildman–Crippen LogP) is 2.12. The van der Waals surface area contributed by atoms with E-state index < -0.39 is 0 Å². The molecule has 1 heterocycles. The number of halogens is 1. The van der Waals surface area contributed by atoms with E-state index in [-0.39, 0.29) is 24.3 Å². The van der Waals surface area contributed by atoms with Crippen LogP contribution in [0.5, 0.6) is 0 Å². The van der Waals surface area contributed by atoms with E-state index in [0.29, 0.717) is 16.6 Å². The van der Waals surface area contributed by atoms with Crippen LogP contribution in [0.1, 0.15) is 38.5 Å². The molecule has 0 unspecified atom stereocenters. The lowest BCUT2D eigenvalue weighted by Crippen LogP contribution is -2.92. The minimum atomic E-state index is -0.270. The lowest BCUT2D eigenvalue weighted by Gasteiger charge is -2.21. The zero-order chi connectivity index (χ0) is 15.5. The number of rotatable bonds is 4. The molecule has 3 rings (SSSR count). The average Bonchev–Trinajstić information content (AvgIpc) is 2.80. The number of quaternary nitrogens is 1. The zero-order valence-corrected chi connectivity index (χ0v) is 13.4. The lowest BCUT2D eigenvalue weighted by atomic mass is 9.89. The van der Waals surface area contributed by atoms with Crippen molar-refractivity contribution in [1.29, 1.82) is 0 Å². The summed E-state index contributed by atoms with van der Waals surface area (Å²) < 4.78 is 0. The topological polar surface area (TPSA) is 54.0 Å². The maximum atomic E-state index is 12.5. The number of hydrogen-bond acceptors (Lipinski definition) is 2. The third-order valence-corrected chi connectivity index (χ3v) is 4.96. The largest absolute Gasteiger partial charge is 0.335 e. The fourth-order valence-corrected chi connectivity index (χ4v) is 3.69. The van der Waals surface area contributed by atoms with E-state index in [1.165, 1.54) is 37.0 Å². The number of nitrogens with zero attached hydrogens (tertiary/aromatic N) is 1. The van der Waals surface area contributed by atoms with Crippen LogP contribution in [0, 0.1) is 5.92 Å². The molecule has 0 radical (unpaired) electrons. The second kappa shape index (κ2) is 6.80. The highest BCUT2D eigenvalue weighted by molar-refractivity contribution is 6.31. The quantitative estimate of drug-likeness (QED) is 0.864. The van der Waals surface area contributed by atoms with Gasteiger partial charge in [0.25, 0.3) is 5.91 Å². The highest BCUT2D eigenvalue weighted by atomic mass is 35.5. The Kier molecular flexibility index (Phi) is 4.79. The number of anilines is 1. The van der Waals surface area contributed by atoms with Gasteiger partial charge in [0, 0.05) is 10.9 Å². The first kappa shape index (κ1) is 15.5. The summed E-state index contributed by atoms with van der Waals surface area (Å²) in [4.78, 5) is 26.0. The molecule has 0 aromatic heterocycles. The molecule has 1 saturated heterocycles. The van der Waals surface area contributed by atoms with Crippen LogP contribution in [-0.2, 0) is 9.59 Å². The average molecular weight is 322 g/mol. The fourth-order valence-electron chi connectivity index (χ4n) is 3.51. The van der Waals surface area contributed by atoms with E-state index in [9.17, 15) is 9.59 Å². The molecule has 1 atom stereocenters. The number of carbonyl (C=O) groups is 2. The van der Waals surface area contributed by atoms with Crippen molar-refractivity contribution in [2.24, 2.45) is 5.92 Å². The van der Waals surface area contributed by atoms with Crippen LogP contribution in [0.25, 0.3) is 0 Å². The van der Waals surface area contributed by atoms with Crippen LogP contribution in [-0.4, -0.2) is 24.4 Å². The van der Waals surface area contributed by atoms with Crippen LogP contribution in [0.4, 0.5) is 5.69 Å². The van der Waals surface area contributed by atoms with Gasteiger partial charge < -0.3 is 5.32 Å². The van der Waals surface area contributed by atoms with Gasteiger partial charge in [-0.15, -0.1) is 0 Å². The number of imide groups is 1. The molecule has 118 valence electrons. The number of amides is 2. The Labute approximate surface area is 135 Å². The molecule has 4 nitrogen and oxygen atoms in total. The summed E-state index contributed by atoms with van der Waals surface area (Å²) in [7, 11) is 0. The van der Waals surface area contributed by atoms with Gasteiger partial charge in [0.15, 0.2) is 6.04 Å². The third kappa shape index (κ3) is 3.33. The molecular formula is C17H22ClN2O2+. The normalized spacial score (nSPS) is 23.3. The minimum Gasteiger partial charge on any atom is -0.335 e. The predicted molar refractivity (Wildman–Crippen MR) is 85.7 cm³/mol. The SMILES string of the molecule is O=C1C[C@@H]([NH2+]CC2CCCCC2)C(=O)N1c1cccc(Cl)c1. The maximum Gasteiger partial charge on any atom is 0.292 e. The Hall–Kier alpha value is -1.39. The molecule has 1 aromatic rings. The minimum absolute atomic E-state index is 0.108. The van der Waals surface area contributed by atoms with Crippen molar-refractivity contribution in [3.05, 3.63) is 29.3 Å². The van der Waals surface area contributed by atoms with Crippen LogP contribution in [0.2, 0.25) is 5.02 Å². The molecule has 0 spiro atoms. The third-order valence-electron chi connectivity index (χ3n) is 4.73. The molecule has 1 aliphatic heterocycles. The summed E-state index contributed by atoms with van der Waals surface area (Å²) in [6, 6.07) is 6.65. The molecule has 1 aromatic carbocycles. The summed E-state index contributed by atoms with van der Waals surface area (Å²) in [5.74, 6) is 0.456. The summed E-state index contributed by atoms with van der Waals surface area (Å²) in [6.45, 7) is 0.951. The molecule has 2 N–H and O–H groups in total. The molecule has 1 aliphatic carbocycles. The zero-order valence-electron chi connectivity index (χ0n) is 12.6. The number of carbonyl (C=O) groups excluding carboxylic acids is 2. The molecule has 2 amide bonds. The Morgan fingerprint density at radius 3 is 2.68 bits per heavy atom. The molecular weight excluding hydrogens is 300 g/mol. The monoisotopic (exact) mass is 321 g/mol. The Balaban J connectivity index is 1.63. The van der Waals surface area contributed by atoms with E-state index in [1.54, 1.807) is 24.3 Å². The standard InChI is InChI=1S/C17H21ClN2O2/c18-13-7-4-8-14(9-13)20-16(21)10-15(17(20)22)19-11-12-5-2-1-3-6-12/h4,7-9,12,15,19H,1-3,5-6,10-11H2/p+1/t15-/m1/s1. The maximum absolute atomic E-state index is 12.5. The smallest absolute Gasteiger partial charge is 0.292 e. The van der Waals surface area contributed by atoms with Gasteiger partial charge in [-0.1, -0.05) is 36.9 Å². The van der Waals surface area contributed by atoms with Crippen LogP contribution in [0.3, 0.4) is 0 Å². The van der Waals surface area contributed by atoms with Gasteiger partial charge in [0.1, 0.15) is 0 Å². The van der Waals surface area contributed by atoms with E-state index in [2.05, 4.69) is 5.32 Å². The van der Waals surface area contributed by atoms with Gasteiger partial charge in [-0.05, 0) is 31.0 Å². The Morgan fingerprint density at radius 1 is 1.18 bits per heavy atom. The van der Waals surface area contributed by atoms with E-state index in [4.69, 9.17) is 11.6 Å². The summed E-state index contributed by atoms with van der Waals surface area (Å²) in [5, 5.41) is 2.61. The first-order chi connectivity index (χ1) is 10.6. The fraction of sp³-hybridized carbons (Fsp3) is 0.529. The molecule has 0 bridgehead atoms. The molecule has 2 fully saturated rings. The van der Waals surface area contributed by atoms with Crippen molar-refractivity contribution in [1.82, 2.24) is 0 Å². The Bertz CT molecular complexity index is 570. The number of benzene rings is 1.